The quantitative estimate of drug-likeness (QED) is 0.518. The third-order valence-corrected chi connectivity index (χ3v) is 5.26. The lowest BCUT2D eigenvalue weighted by Crippen LogP contribution is -2.39. The Morgan fingerprint density at radius 1 is 1.03 bits per heavy atom. The minimum atomic E-state index is -0.869. The van der Waals surface area contributed by atoms with Crippen LogP contribution in [0.15, 0.2) is 58.1 Å². The number of hydrogen-bond donors (Lipinski definition) is 2. The van der Waals surface area contributed by atoms with Crippen LogP contribution in [0.25, 0.3) is 21.8 Å². The number of nitrogens with zero attached hydrogens (tertiary/aromatic N) is 3. The smallest absolute Gasteiger partial charge is 0.367 e. The standard InChI is InChI=1S/C23H22N4O4/c1-3-13-26-18-12-8-6-10-15(18)20(28)19(22(26)30)21(29)25-27-17(4-2)14-9-5-7-11-16(14)24-23(27)31/h5-12,28H,3-4,13H2,1-2H3,(H,25,29). The number of aromatic nitrogens is 3. The number of nitrogens with one attached hydrogen (secondary N) is 1. The monoisotopic (exact) mass is 418 g/mol. The van der Waals surface area contributed by atoms with E-state index in [2.05, 4.69) is 10.4 Å². The molecule has 0 aliphatic heterocycles. The maximum atomic E-state index is 13.1. The van der Waals surface area contributed by atoms with Gasteiger partial charge in [0.05, 0.1) is 16.7 Å². The van der Waals surface area contributed by atoms with Gasteiger partial charge in [0, 0.05) is 17.3 Å². The Balaban J connectivity index is 1.90. The predicted octanol–water partition coefficient (Wildman–Crippen LogP) is 2.77. The highest BCUT2D eigenvalue weighted by Crippen LogP contribution is 2.26. The summed E-state index contributed by atoms with van der Waals surface area (Å²) >= 11 is 0. The van der Waals surface area contributed by atoms with Crippen molar-refractivity contribution in [1.82, 2.24) is 14.2 Å². The molecule has 0 fully saturated rings. The van der Waals surface area contributed by atoms with Gasteiger partial charge in [-0.1, -0.05) is 44.2 Å². The summed E-state index contributed by atoms with van der Waals surface area (Å²) < 4.78 is 2.51. The van der Waals surface area contributed by atoms with Crippen molar-refractivity contribution in [3.05, 3.63) is 80.6 Å². The van der Waals surface area contributed by atoms with E-state index in [1.165, 1.54) is 4.57 Å². The normalized spacial score (nSPS) is 11.2. The van der Waals surface area contributed by atoms with Crippen LogP contribution in [0.5, 0.6) is 5.75 Å². The van der Waals surface area contributed by atoms with Crippen LogP contribution in [0, 0.1) is 0 Å². The van der Waals surface area contributed by atoms with Crippen LogP contribution >= 0.6 is 0 Å². The molecule has 31 heavy (non-hydrogen) atoms. The minimum Gasteiger partial charge on any atom is -0.506 e. The number of aryl methyl sites for hydroxylation is 2. The lowest BCUT2D eigenvalue weighted by molar-refractivity contribution is 0.100. The first-order valence-electron chi connectivity index (χ1n) is 10.1. The second-order valence-electron chi connectivity index (χ2n) is 7.19. The van der Waals surface area contributed by atoms with Crippen molar-refractivity contribution < 1.29 is 9.90 Å². The SMILES string of the molecule is CCCn1c(=O)c(C(=O)Nn2c(CC)c3ccccc3nc2=O)c(O)c2ccccc21. The summed E-state index contributed by atoms with van der Waals surface area (Å²) in [6, 6.07) is 14.0. The van der Waals surface area contributed by atoms with Gasteiger partial charge < -0.3 is 9.67 Å². The van der Waals surface area contributed by atoms with Gasteiger partial charge in [0.25, 0.3) is 11.5 Å². The molecule has 0 spiro atoms. The Bertz CT molecular complexity index is 1440. The first kappa shape index (κ1) is 20.3. The van der Waals surface area contributed by atoms with Crippen LogP contribution in [-0.2, 0) is 13.0 Å². The van der Waals surface area contributed by atoms with Gasteiger partial charge in [-0.2, -0.15) is 4.98 Å². The summed E-state index contributed by atoms with van der Waals surface area (Å²) in [7, 11) is 0. The second kappa shape index (κ2) is 8.06. The van der Waals surface area contributed by atoms with Crippen LogP contribution < -0.4 is 16.7 Å². The summed E-state index contributed by atoms with van der Waals surface area (Å²) in [4.78, 5) is 42.9. The van der Waals surface area contributed by atoms with E-state index in [-0.39, 0.29) is 0 Å². The number of aromatic hydroxyl groups is 1. The lowest BCUT2D eigenvalue weighted by atomic mass is 10.1. The Morgan fingerprint density at radius 2 is 1.71 bits per heavy atom. The highest BCUT2D eigenvalue weighted by Gasteiger charge is 2.23. The fourth-order valence-corrected chi connectivity index (χ4v) is 3.87. The molecule has 0 radical (unpaired) electrons. The number of hydrogen-bond acceptors (Lipinski definition) is 5. The number of benzene rings is 2. The van der Waals surface area contributed by atoms with E-state index in [9.17, 15) is 19.5 Å². The lowest BCUT2D eigenvalue weighted by Gasteiger charge is -2.17. The molecule has 4 rings (SSSR count). The van der Waals surface area contributed by atoms with Gasteiger partial charge in [0.15, 0.2) is 0 Å². The average molecular weight is 418 g/mol. The molecule has 4 aromatic rings. The Labute approximate surface area is 177 Å². The molecule has 0 unspecified atom stereocenters. The minimum absolute atomic E-state index is 0.387. The number of carbonyl (C=O) groups excluding carboxylic acids is 1. The number of para-hydroxylation sites is 2. The first-order chi connectivity index (χ1) is 15.0. The van der Waals surface area contributed by atoms with Gasteiger partial charge in [-0.25, -0.2) is 9.47 Å². The second-order valence-corrected chi connectivity index (χ2v) is 7.19. The van der Waals surface area contributed by atoms with Crippen molar-refractivity contribution in [3.63, 3.8) is 0 Å². The summed E-state index contributed by atoms with van der Waals surface area (Å²) in [6.45, 7) is 4.16. The van der Waals surface area contributed by atoms with E-state index in [0.717, 1.165) is 10.1 Å². The van der Waals surface area contributed by atoms with Crippen molar-refractivity contribution in [3.8, 4) is 5.75 Å². The summed E-state index contributed by atoms with van der Waals surface area (Å²) in [6.07, 6.45) is 1.12. The highest BCUT2D eigenvalue weighted by molar-refractivity contribution is 6.06. The molecule has 2 N–H and O–H groups in total. The molecule has 0 saturated heterocycles. The van der Waals surface area contributed by atoms with E-state index in [0.29, 0.717) is 41.5 Å². The molecule has 158 valence electrons. The molecule has 0 aliphatic rings. The Morgan fingerprint density at radius 3 is 2.42 bits per heavy atom. The van der Waals surface area contributed by atoms with Crippen molar-refractivity contribution in [2.24, 2.45) is 0 Å². The van der Waals surface area contributed by atoms with E-state index >= 15 is 0 Å². The Hall–Kier alpha value is -3.94. The molecule has 0 bridgehead atoms. The molecule has 2 aromatic carbocycles. The molecular formula is C23H22N4O4. The van der Waals surface area contributed by atoms with Crippen molar-refractivity contribution in [2.75, 3.05) is 5.43 Å². The zero-order valence-corrected chi connectivity index (χ0v) is 17.3. The van der Waals surface area contributed by atoms with E-state index in [4.69, 9.17) is 0 Å². The largest absolute Gasteiger partial charge is 0.506 e. The van der Waals surface area contributed by atoms with Crippen LogP contribution in [0.1, 0.15) is 36.3 Å². The van der Waals surface area contributed by atoms with E-state index in [1.807, 2.05) is 26.0 Å². The van der Waals surface area contributed by atoms with E-state index in [1.54, 1.807) is 36.4 Å². The zero-order valence-electron chi connectivity index (χ0n) is 17.3. The van der Waals surface area contributed by atoms with Gasteiger partial charge in [-0.3, -0.25) is 15.0 Å². The van der Waals surface area contributed by atoms with Gasteiger partial charge in [0.2, 0.25) is 0 Å². The molecule has 8 heteroatoms. The molecular weight excluding hydrogens is 396 g/mol. The van der Waals surface area contributed by atoms with Crippen LogP contribution in [-0.4, -0.2) is 25.2 Å². The van der Waals surface area contributed by atoms with Crippen molar-refractivity contribution in [2.45, 2.75) is 33.2 Å². The molecule has 0 saturated carbocycles. The molecule has 2 aromatic heterocycles. The Kier molecular flexibility index (Phi) is 5.29. The molecule has 2 heterocycles. The molecule has 8 nitrogen and oxygen atoms in total. The highest BCUT2D eigenvalue weighted by atomic mass is 16.3. The summed E-state index contributed by atoms with van der Waals surface area (Å²) in [5.74, 6) is -1.28. The zero-order chi connectivity index (χ0) is 22.1. The number of pyridine rings is 1. The number of carbonyl (C=O) groups is 1. The predicted molar refractivity (Wildman–Crippen MR) is 119 cm³/mol. The van der Waals surface area contributed by atoms with E-state index < -0.39 is 28.5 Å². The fourth-order valence-electron chi connectivity index (χ4n) is 3.87. The number of amides is 1. The van der Waals surface area contributed by atoms with Crippen LogP contribution in [0.3, 0.4) is 0 Å². The van der Waals surface area contributed by atoms with Crippen LogP contribution in [0.4, 0.5) is 0 Å². The van der Waals surface area contributed by atoms with Crippen molar-refractivity contribution >= 4 is 27.7 Å². The van der Waals surface area contributed by atoms with Gasteiger partial charge >= 0.3 is 5.69 Å². The summed E-state index contributed by atoms with van der Waals surface area (Å²) in [5, 5.41) is 11.9. The van der Waals surface area contributed by atoms with Crippen molar-refractivity contribution in [1.29, 1.82) is 0 Å². The third-order valence-electron chi connectivity index (χ3n) is 5.26. The first-order valence-corrected chi connectivity index (χ1v) is 10.1. The fraction of sp³-hybridized carbons (Fsp3) is 0.217. The molecule has 0 atom stereocenters. The van der Waals surface area contributed by atoms with Gasteiger partial charge in [-0.15, -0.1) is 0 Å². The maximum Gasteiger partial charge on any atom is 0.367 e. The van der Waals surface area contributed by atoms with Gasteiger partial charge in [-0.05, 0) is 31.0 Å². The van der Waals surface area contributed by atoms with Crippen LogP contribution in [0.2, 0.25) is 0 Å². The molecule has 1 amide bonds. The van der Waals surface area contributed by atoms with Gasteiger partial charge in [0.1, 0.15) is 11.3 Å². The summed E-state index contributed by atoms with van der Waals surface area (Å²) in [5.41, 5.74) is 2.41. The number of fused-ring (bicyclic) bond motifs is 2. The third kappa shape index (κ3) is 3.35. The maximum absolute atomic E-state index is 13.1. The topological polar surface area (TPSA) is 106 Å². The molecule has 0 aliphatic carbocycles. The average Bonchev–Trinajstić information content (AvgIpc) is 2.77. The number of rotatable bonds is 5.